The van der Waals surface area contributed by atoms with Crippen LogP contribution in [0.4, 0.5) is 10.1 Å². The Bertz CT molecular complexity index is 504. The van der Waals surface area contributed by atoms with E-state index < -0.39 is 4.92 Å². The highest BCUT2D eigenvalue weighted by atomic mass is 19.1. The summed E-state index contributed by atoms with van der Waals surface area (Å²) >= 11 is 0. The van der Waals surface area contributed by atoms with Gasteiger partial charge in [0, 0.05) is 11.8 Å². The number of allylic oxidation sites excluding steroid dienone is 3. The predicted octanol–water partition coefficient (Wildman–Crippen LogP) is 3.49. The van der Waals surface area contributed by atoms with Crippen LogP contribution >= 0.6 is 0 Å². The summed E-state index contributed by atoms with van der Waals surface area (Å²) in [7, 11) is 0. The smallest absolute Gasteiger partial charge is 0.292 e. The van der Waals surface area contributed by atoms with E-state index in [0.29, 0.717) is 5.69 Å². The lowest BCUT2D eigenvalue weighted by Gasteiger charge is -2.06. The molecule has 0 radical (unpaired) electrons. The van der Waals surface area contributed by atoms with Crippen LogP contribution in [0.25, 0.3) is 0 Å². The molecule has 0 aliphatic rings. The van der Waals surface area contributed by atoms with E-state index in [1.807, 2.05) is 0 Å². The molecule has 18 heavy (non-hydrogen) atoms. The van der Waals surface area contributed by atoms with Crippen molar-refractivity contribution in [3.63, 3.8) is 0 Å². The Balaban J connectivity index is 3.09. The third-order valence-corrected chi connectivity index (χ3v) is 2.12. The normalized spacial score (nSPS) is 12.1. The Morgan fingerprint density at radius 1 is 1.44 bits per heavy atom. The number of nitrogens with one attached hydrogen (secondary N) is 1. The van der Waals surface area contributed by atoms with Crippen molar-refractivity contribution in [3.8, 4) is 0 Å². The molecule has 1 aromatic carbocycles. The van der Waals surface area contributed by atoms with Crippen LogP contribution in [0.1, 0.15) is 6.92 Å². The second-order valence-electron chi connectivity index (χ2n) is 3.39. The van der Waals surface area contributed by atoms with Gasteiger partial charge in [-0.2, -0.15) is 0 Å². The highest BCUT2D eigenvalue weighted by molar-refractivity contribution is 5.52. The zero-order valence-corrected chi connectivity index (χ0v) is 9.89. The van der Waals surface area contributed by atoms with Gasteiger partial charge in [-0.3, -0.25) is 10.1 Å². The summed E-state index contributed by atoms with van der Waals surface area (Å²) in [6, 6.07) is 5.52. The number of benzene rings is 1. The van der Waals surface area contributed by atoms with Gasteiger partial charge in [-0.05, 0) is 37.3 Å². The first-order valence-electron chi connectivity index (χ1n) is 5.25. The van der Waals surface area contributed by atoms with Crippen LogP contribution in [0, 0.1) is 15.9 Å². The van der Waals surface area contributed by atoms with Gasteiger partial charge in [0.1, 0.15) is 11.5 Å². The van der Waals surface area contributed by atoms with Crippen LogP contribution < -0.4 is 5.32 Å². The maximum absolute atomic E-state index is 12.7. The number of hydrogen-bond donors (Lipinski definition) is 1. The first-order chi connectivity index (χ1) is 8.58. The molecule has 0 spiro atoms. The van der Waals surface area contributed by atoms with E-state index in [1.165, 1.54) is 36.4 Å². The molecule has 0 amide bonds. The number of nitrogens with zero attached hydrogens (tertiary/aromatic N) is 1. The molecule has 1 rings (SSSR count). The lowest BCUT2D eigenvalue weighted by molar-refractivity contribution is -0.419. The van der Waals surface area contributed by atoms with E-state index in [1.54, 1.807) is 13.0 Å². The number of hydrogen-bond acceptors (Lipinski definition) is 3. The van der Waals surface area contributed by atoms with Gasteiger partial charge < -0.3 is 5.32 Å². The van der Waals surface area contributed by atoms with Gasteiger partial charge >= 0.3 is 0 Å². The van der Waals surface area contributed by atoms with Crippen LogP contribution in [-0.4, -0.2) is 4.92 Å². The molecule has 0 fully saturated rings. The summed E-state index contributed by atoms with van der Waals surface area (Å²) in [4.78, 5) is 10.4. The maximum atomic E-state index is 12.7. The molecule has 94 valence electrons. The minimum Gasteiger partial charge on any atom is -0.350 e. The van der Waals surface area contributed by atoms with Crippen LogP contribution in [0.3, 0.4) is 0 Å². The van der Waals surface area contributed by atoms with Crippen LogP contribution in [-0.2, 0) is 0 Å². The molecule has 0 saturated carbocycles. The van der Waals surface area contributed by atoms with Crippen molar-refractivity contribution in [2.75, 3.05) is 5.32 Å². The molecule has 0 saturated heterocycles. The number of halogens is 1. The summed E-state index contributed by atoms with van der Waals surface area (Å²) in [6.45, 7) is 5.21. The molecule has 0 atom stereocenters. The quantitative estimate of drug-likeness (QED) is 0.493. The summed E-state index contributed by atoms with van der Waals surface area (Å²) in [5.74, 6) is -0.368. The molecule has 5 heteroatoms. The van der Waals surface area contributed by atoms with Crippen molar-refractivity contribution < 1.29 is 9.31 Å². The Hall–Kier alpha value is -2.43. The Kier molecular flexibility index (Phi) is 4.80. The second-order valence-corrected chi connectivity index (χ2v) is 3.39. The van der Waals surface area contributed by atoms with E-state index in [-0.39, 0.29) is 17.2 Å². The van der Waals surface area contributed by atoms with Crippen LogP contribution in [0.15, 0.2) is 60.5 Å². The van der Waals surface area contributed by atoms with Gasteiger partial charge in [0.25, 0.3) is 5.70 Å². The molecule has 0 bridgehead atoms. The van der Waals surface area contributed by atoms with Gasteiger partial charge in [0.15, 0.2) is 0 Å². The van der Waals surface area contributed by atoms with Crippen molar-refractivity contribution in [2.24, 2.45) is 0 Å². The number of nitro groups is 1. The third-order valence-electron chi connectivity index (χ3n) is 2.12. The monoisotopic (exact) mass is 248 g/mol. The second kappa shape index (κ2) is 6.34. The molecular weight excluding hydrogens is 235 g/mol. The Labute approximate surface area is 104 Å². The lowest BCUT2D eigenvalue weighted by Crippen LogP contribution is -2.06. The van der Waals surface area contributed by atoms with Crippen LogP contribution in [0.5, 0.6) is 0 Å². The fourth-order valence-corrected chi connectivity index (χ4v) is 1.32. The van der Waals surface area contributed by atoms with Crippen molar-refractivity contribution in [2.45, 2.75) is 6.92 Å². The molecule has 0 unspecified atom stereocenters. The fraction of sp³-hybridized carbons (Fsp3) is 0.0769. The van der Waals surface area contributed by atoms with Crippen molar-refractivity contribution in [3.05, 3.63) is 76.4 Å². The minimum absolute atomic E-state index is 0.100. The van der Waals surface area contributed by atoms with Gasteiger partial charge in [-0.1, -0.05) is 12.7 Å². The topological polar surface area (TPSA) is 55.2 Å². The standard InChI is InChI=1S/C13H13FN2O2/c1-3-5-13(16(17)18)12(4-2)15-11-8-6-10(14)7-9-11/h3-9,15H,2H2,1H3/b5-3-,13-12-. The summed E-state index contributed by atoms with van der Waals surface area (Å²) in [6.07, 6.45) is 4.28. The molecule has 0 heterocycles. The zero-order valence-electron chi connectivity index (χ0n) is 9.89. The average Bonchev–Trinajstić information content (AvgIpc) is 2.35. The van der Waals surface area contributed by atoms with E-state index in [0.717, 1.165) is 0 Å². The molecular formula is C13H13FN2O2. The Morgan fingerprint density at radius 2 is 2.06 bits per heavy atom. The number of rotatable bonds is 5. The van der Waals surface area contributed by atoms with E-state index >= 15 is 0 Å². The predicted molar refractivity (Wildman–Crippen MR) is 69.1 cm³/mol. The summed E-state index contributed by atoms with van der Waals surface area (Å²) < 4.78 is 12.7. The molecule has 4 nitrogen and oxygen atoms in total. The molecule has 1 aromatic rings. The van der Waals surface area contributed by atoms with Gasteiger partial charge in [0.05, 0.1) is 4.92 Å². The van der Waals surface area contributed by atoms with E-state index in [4.69, 9.17) is 0 Å². The zero-order chi connectivity index (χ0) is 13.5. The van der Waals surface area contributed by atoms with Crippen LogP contribution in [0.2, 0.25) is 0 Å². The highest BCUT2D eigenvalue weighted by Gasteiger charge is 2.12. The summed E-state index contributed by atoms with van der Waals surface area (Å²) in [5, 5.41) is 13.7. The first-order valence-corrected chi connectivity index (χ1v) is 5.25. The fourth-order valence-electron chi connectivity index (χ4n) is 1.32. The van der Waals surface area contributed by atoms with Gasteiger partial charge in [-0.15, -0.1) is 0 Å². The maximum Gasteiger partial charge on any atom is 0.292 e. The third kappa shape index (κ3) is 3.55. The van der Waals surface area contributed by atoms with Crippen molar-refractivity contribution in [1.29, 1.82) is 0 Å². The molecule has 0 aromatic heterocycles. The molecule has 0 aliphatic heterocycles. The lowest BCUT2D eigenvalue weighted by atomic mass is 10.2. The van der Waals surface area contributed by atoms with E-state index in [9.17, 15) is 14.5 Å². The van der Waals surface area contributed by atoms with Gasteiger partial charge in [0.2, 0.25) is 0 Å². The highest BCUT2D eigenvalue weighted by Crippen LogP contribution is 2.15. The van der Waals surface area contributed by atoms with Gasteiger partial charge in [-0.25, -0.2) is 4.39 Å². The molecule has 0 aliphatic carbocycles. The summed E-state index contributed by atoms with van der Waals surface area (Å²) in [5.41, 5.74) is 0.705. The number of anilines is 1. The first kappa shape index (κ1) is 13.6. The minimum atomic E-state index is -0.506. The SMILES string of the molecule is C=C/C(Nc1ccc(F)cc1)=C(\C=C/C)[N+](=O)[O-]. The van der Waals surface area contributed by atoms with Crippen molar-refractivity contribution >= 4 is 5.69 Å². The largest absolute Gasteiger partial charge is 0.350 e. The Morgan fingerprint density at radius 3 is 2.50 bits per heavy atom. The van der Waals surface area contributed by atoms with Crippen molar-refractivity contribution in [1.82, 2.24) is 0 Å². The molecule has 1 N–H and O–H groups in total. The van der Waals surface area contributed by atoms with E-state index in [2.05, 4.69) is 11.9 Å². The average molecular weight is 248 g/mol.